The van der Waals surface area contributed by atoms with Gasteiger partial charge in [-0.2, -0.15) is 0 Å². The first-order valence-electron chi connectivity index (χ1n) is 10.3. The van der Waals surface area contributed by atoms with Crippen LogP contribution in [0.3, 0.4) is 0 Å². The number of carbonyl (C=O) groups excluding carboxylic acids is 2. The lowest BCUT2D eigenvalue weighted by atomic mass is 10.1. The minimum absolute atomic E-state index is 0.140. The number of nitrogens with zero attached hydrogens (tertiary/aromatic N) is 3. The molecule has 0 saturated carbocycles. The highest BCUT2D eigenvalue weighted by Crippen LogP contribution is 2.33. The third-order valence-corrected chi connectivity index (χ3v) is 5.63. The number of para-hydroxylation sites is 2. The van der Waals surface area contributed by atoms with Gasteiger partial charge < -0.3 is 4.74 Å². The van der Waals surface area contributed by atoms with Crippen molar-refractivity contribution in [1.82, 2.24) is 9.80 Å². The molecular weight excluding hydrogens is 366 g/mol. The van der Waals surface area contributed by atoms with Gasteiger partial charge in [0, 0.05) is 32.7 Å². The van der Waals surface area contributed by atoms with Crippen LogP contribution in [-0.2, 0) is 16.1 Å². The fourth-order valence-corrected chi connectivity index (χ4v) is 4.15. The van der Waals surface area contributed by atoms with Gasteiger partial charge in [-0.15, -0.1) is 0 Å². The number of hydrogen-bond acceptors (Lipinski definition) is 5. The van der Waals surface area contributed by atoms with Gasteiger partial charge in [0.25, 0.3) is 5.91 Å². The van der Waals surface area contributed by atoms with E-state index in [1.54, 1.807) is 12.1 Å². The second kappa shape index (κ2) is 8.76. The Morgan fingerprint density at radius 3 is 2.34 bits per heavy atom. The molecule has 6 heteroatoms. The normalized spacial score (nSPS) is 21.0. The van der Waals surface area contributed by atoms with Gasteiger partial charge in [0.05, 0.1) is 24.8 Å². The molecule has 29 heavy (non-hydrogen) atoms. The Balaban J connectivity index is 1.41. The molecule has 0 aromatic heterocycles. The van der Waals surface area contributed by atoms with Crippen LogP contribution in [0.4, 0.5) is 5.69 Å². The predicted octanol–water partition coefficient (Wildman–Crippen LogP) is 2.54. The average molecular weight is 393 g/mol. The predicted molar refractivity (Wildman–Crippen MR) is 112 cm³/mol. The number of carbonyl (C=O) groups is 2. The number of anilines is 1. The van der Waals surface area contributed by atoms with Crippen molar-refractivity contribution >= 4 is 17.5 Å². The summed E-state index contributed by atoms with van der Waals surface area (Å²) < 4.78 is 5.63. The van der Waals surface area contributed by atoms with E-state index in [0.717, 1.165) is 32.7 Å². The van der Waals surface area contributed by atoms with Crippen molar-refractivity contribution in [2.75, 3.05) is 37.7 Å². The SMILES string of the molecule is CCOc1ccccc1N1C(=O)C[C@H](N2CCN(Cc3ccccc3)CC2)C1=O. The molecule has 2 saturated heterocycles. The molecule has 2 aromatic carbocycles. The summed E-state index contributed by atoms with van der Waals surface area (Å²) in [6.07, 6.45) is 0.234. The first-order valence-corrected chi connectivity index (χ1v) is 10.3. The highest BCUT2D eigenvalue weighted by molar-refractivity contribution is 6.23. The van der Waals surface area contributed by atoms with Crippen LogP contribution in [0.15, 0.2) is 54.6 Å². The van der Waals surface area contributed by atoms with E-state index < -0.39 is 0 Å². The third kappa shape index (κ3) is 4.18. The fraction of sp³-hybridized carbons (Fsp3) is 0.391. The Bertz CT molecular complexity index is 863. The topological polar surface area (TPSA) is 53.1 Å². The lowest BCUT2D eigenvalue weighted by Crippen LogP contribution is -2.52. The quantitative estimate of drug-likeness (QED) is 0.706. The molecule has 4 rings (SSSR count). The van der Waals surface area contributed by atoms with Crippen LogP contribution >= 0.6 is 0 Å². The number of amides is 2. The Morgan fingerprint density at radius 1 is 0.931 bits per heavy atom. The molecule has 0 bridgehead atoms. The standard InChI is InChI=1S/C23H27N3O3/c1-2-29-21-11-7-6-10-19(21)26-22(27)16-20(23(26)28)25-14-12-24(13-15-25)17-18-8-4-3-5-9-18/h3-11,20H,2,12-17H2,1H3/t20-/m0/s1. The lowest BCUT2D eigenvalue weighted by molar-refractivity contribution is -0.123. The van der Waals surface area contributed by atoms with Gasteiger partial charge in [0.15, 0.2) is 0 Å². The zero-order chi connectivity index (χ0) is 20.2. The Kier molecular flexibility index (Phi) is 5.92. The van der Waals surface area contributed by atoms with Crippen molar-refractivity contribution in [2.24, 2.45) is 0 Å². The van der Waals surface area contributed by atoms with Crippen molar-refractivity contribution in [2.45, 2.75) is 25.9 Å². The minimum atomic E-state index is -0.379. The van der Waals surface area contributed by atoms with Gasteiger partial charge in [0.2, 0.25) is 5.91 Å². The Morgan fingerprint density at radius 2 is 1.62 bits per heavy atom. The molecule has 2 heterocycles. The molecule has 0 unspecified atom stereocenters. The molecule has 152 valence electrons. The smallest absolute Gasteiger partial charge is 0.251 e. The van der Waals surface area contributed by atoms with Gasteiger partial charge in [-0.1, -0.05) is 42.5 Å². The largest absolute Gasteiger partial charge is 0.492 e. The number of rotatable bonds is 6. The van der Waals surface area contributed by atoms with E-state index in [-0.39, 0.29) is 24.3 Å². The Hall–Kier alpha value is -2.70. The summed E-state index contributed by atoms with van der Waals surface area (Å²) in [6.45, 7) is 6.65. The number of benzene rings is 2. The van der Waals surface area contributed by atoms with Crippen LogP contribution in [0.2, 0.25) is 0 Å². The van der Waals surface area contributed by atoms with Crippen molar-refractivity contribution in [3.8, 4) is 5.75 Å². The third-order valence-electron chi connectivity index (χ3n) is 5.63. The zero-order valence-electron chi connectivity index (χ0n) is 16.8. The van der Waals surface area contributed by atoms with Crippen LogP contribution in [0, 0.1) is 0 Å². The van der Waals surface area contributed by atoms with E-state index in [4.69, 9.17) is 4.74 Å². The molecule has 6 nitrogen and oxygen atoms in total. The van der Waals surface area contributed by atoms with Gasteiger partial charge in [-0.25, -0.2) is 4.90 Å². The molecule has 0 aliphatic carbocycles. The van der Waals surface area contributed by atoms with Crippen molar-refractivity contribution in [1.29, 1.82) is 0 Å². The maximum atomic E-state index is 13.1. The molecule has 2 fully saturated rings. The maximum absolute atomic E-state index is 13.1. The highest BCUT2D eigenvalue weighted by atomic mass is 16.5. The maximum Gasteiger partial charge on any atom is 0.251 e. The molecule has 2 amide bonds. The summed E-state index contributed by atoms with van der Waals surface area (Å²) in [5.41, 5.74) is 1.85. The van der Waals surface area contributed by atoms with Crippen LogP contribution in [0.1, 0.15) is 18.9 Å². The van der Waals surface area contributed by atoms with Crippen LogP contribution in [0.5, 0.6) is 5.75 Å². The molecule has 0 radical (unpaired) electrons. The molecule has 0 spiro atoms. The summed E-state index contributed by atoms with van der Waals surface area (Å²) in [4.78, 5) is 31.7. The number of ether oxygens (including phenoxy) is 1. The summed E-state index contributed by atoms with van der Waals surface area (Å²) >= 11 is 0. The van der Waals surface area contributed by atoms with Crippen LogP contribution < -0.4 is 9.64 Å². The number of imide groups is 1. The molecule has 1 atom stereocenters. The highest BCUT2D eigenvalue weighted by Gasteiger charge is 2.44. The van der Waals surface area contributed by atoms with Crippen molar-refractivity contribution in [3.63, 3.8) is 0 Å². The summed E-state index contributed by atoms with van der Waals surface area (Å²) in [5.74, 6) is 0.280. The van der Waals surface area contributed by atoms with Gasteiger partial charge in [-0.05, 0) is 24.6 Å². The summed E-state index contributed by atoms with van der Waals surface area (Å²) in [6, 6.07) is 17.3. The van der Waals surface area contributed by atoms with E-state index in [1.807, 2.05) is 25.1 Å². The van der Waals surface area contributed by atoms with Crippen LogP contribution in [0.25, 0.3) is 0 Å². The van der Waals surface area contributed by atoms with Gasteiger partial charge in [-0.3, -0.25) is 19.4 Å². The summed E-state index contributed by atoms with van der Waals surface area (Å²) in [5, 5.41) is 0. The first kappa shape index (κ1) is 19.6. The number of piperazine rings is 1. The van der Waals surface area contributed by atoms with E-state index in [1.165, 1.54) is 10.5 Å². The zero-order valence-corrected chi connectivity index (χ0v) is 16.8. The van der Waals surface area contributed by atoms with E-state index >= 15 is 0 Å². The van der Waals surface area contributed by atoms with Crippen molar-refractivity contribution in [3.05, 3.63) is 60.2 Å². The second-order valence-electron chi connectivity index (χ2n) is 7.49. The average Bonchev–Trinajstić information content (AvgIpc) is 3.04. The minimum Gasteiger partial charge on any atom is -0.492 e. The fourth-order valence-electron chi connectivity index (χ4n) is 4.15. The lowest BCUT2D eigenvalue weighted by Gasteiger charge is -2.37. The van der Waals surface area contributed by atoms with Gasteiger partial charge in [0.1, 0.15) is 5.75 Å². The monoisotopic (exact) mass is 393 g/mol. The molecular formula is C23H27N3O3. The van der Waals surface area contributed by atoms with Crippen molar-refractivity contribution < 1.29 is 14.3 Å². The van der Waals surface area contributed by atoms with Gasteiger partial charge >= 0.3 is 0 Å². The van der Waals surface area contributed by atoms with Crippen LogP contribution in [-0.4, -0.2) is 60.4 Å². The first-order chi connectivity index (χ1) is 14.2. The summed E-state index contributed by atoms with van der Waals surface area (Å²) in [7, 11) is 0. The van der Waals surface area contributed by atoms with E-state index in [2.05, 4.69) is 34.1 Å². The molecule has 0 N–H and O–H groups in total. The molecule has 2 aromatic rings. The molecule has 2 aliphatic heterocycles. The second-order valence-corrected chi connectivity index (χ2v) is 7.49. The molecule has 2 aliphatic rings. The Labute approximate surface area is 171 Å². The van der Waals surface area contributed by atoms with E-state index in [9.17, 15) is 9.59 Å². The van der Waals surface area contributed by atoms with E-state index in [0.29, 0.717) is 18.0 Å². The number of hydrogen-bond donors (Lipinski definition) is 0.